The molecule has 0 aliphatic rings. The van der Waals surface area contributed by atoms with Gasteiger partial charge in [0.05, 0.1) is 33.8 Å². The lowest BCUT2D eigenvalue weighted by molar-refractivity contribution is -0.870. The van der Waals surface area contributed by atoms with Crippen molar-refractivity contribution in [1.82, 2.24) is 5.32 Å². The van der Waals surface area contributed by atoms with Crippen LogP contribution in [0, 0.1) is 0 Å². The number of allylic oxidation sites excluding steroid dienone is 17. The number of quaternary nitrogens is 1. The van der Waals surface area contributed by atoms with Gasteiger partial charge in [0, 0.05) is 12.8 Å². The van der Waals surface area contributed by atoms with Crippen LogP contribution in [0.1, 0.15) is 265 Å². The van der Waals surface area contributed by atoms with Gasteiger partial charge in [0.1, 0.15) is 19.3 Å². The summed E-state index contributed by atoms with van der Waals surface area (Å²) in [4.78, 5) is 37.7. The van der Waals surface area contributed by atoms with Crippen molar-refractivity contribution in [2.75, 3.05) is 40.9 Å². The van der Waals surface area contributed by atoms with E-state index in [0.29, 0.717) is 17.4 Å². The maximum atomic E-state index is 13.5. The predicted molar refractivity (Wildman–Crippen MR) is 341 cm³/mol. The SMILES string of the molecule is CC/C=C\C/C=C\C/C=C\C/C=C\C/C=C\CCCCCCCCCCCCCC(=O)OC(/C=C\CCCCCCCCCCC)C(COP(=O)(O)OCC[N+](C)(C)C)NC(=O)CCCCCCCCC/C=C/C=C/C=C/CC. The van der Waals surface area contributed by atoms with Crippen molar-refractivity contribution in [2.24, 2.45) is 0 Å². The fourth-order valence-corrected chi connectivity index (χ4v) is 9.59. The molecule has 0 bridgehead atoms. The first-order valence-electron chi connectivity index (χ1n) is 32.2. The monoisotopic (exact) mass is 1120 g/mol. The molecule has 79 heavy (non-hydrogen) atoms. The van der Waals surface area contributed by atoms with E-state index in [0.717, 1.165) is 109 Å². The van der Waals surface area contributed by atoms with Crippen LogP contribution < -0.4 is 5.32 Å². The van der Waals surface area contributed by atoms with E-state index in [1.807, 2.05) is 33.3 Å². The van der Waals surface area contributed by atoms with E-state index < -0.39 is 20.0 Å². The lowest BCUT2D eigenvalue weighted by Gasteiger charge is -2.27. The number of likely N-dealkylation sites (N-methyl/N-ethyl adjacent to an activating group) is 1. The van der Waals surface area contributed by atoms with E-state index in [9.17, 15) is 19.0 Å². The fourth-order valence-electron chi connectivity index (χ4n) is 8.85. The Morgan fingerprint density at radius 3 is 1.35 bits per heavy atom. The molecule has 10 heteroatoms. The van der Waals surface area contributed by atoms with Crippen molar-refractivity contribution in [3.63, 3.8) is 0 Å². The standard InChI is InChI=1S/C69H121N2O7P/c1-7-10-13-16-19-22-25-27-29-30-31-32-33-34-35-36-37-38-39-40-42-44-47-50-53-56-59-62-69(73)78-67(60-57-54-51-48-45-24-21-18-15-12-9-3)66(65-77-79(74,75)76-64-63-71(4,5)6)70-68(72)61-58-55-52-49-46-43-41-28-26-23-20-17-14-11-8-2/h10-11,13-14,17,19-20,22-23,26-27,29,31-32,34-35,57,60,66-67H,7-9,12,15-16,18,21,24-25,28,30,33,36-56,58-59,61-65H2,1-6H3,(H-,70,72,74,75)/p+1/b13-10-,14-11+,20-17+,22-19-,26-23+,29-27-,32-31-,35-34-,60-57-. The molecule has 0 saturated heterocycles. The van der Waals surface area contributed by atoms with E-state index in [1.54, 1.807) is 0 Å². The smallest absolute Gasteiger partial charge is 0.456 e. The number of rotatable bonds is 57. The van der Waals surface area contributed by atoms with Crippen molar-refractivity contribution in [2.45, 2.75) is 277 Å². The second-order valence-corrected chi connectivity index (χ2v) is 24.0. The number of nitrogens with zero attached hydrogens (tertiary/aromatic N) is 1. The number of nitrogens with one attached hydrogen (secondary N) is 1. The van der Waals surface area contributed by atoms with Gasteiger partial charge in [-0.2, -0.15) is 0 Å². The molecule has 0 heterocycles. The number of phosphoric ester groups is 1. The molecular formula is C69H122N2O7P+. The Morgan fingerprint density at radius 1 is 0.468 bits per heavy atom. The highest BCUT2D eigenvalue weighted by Gasteiger charge is 2.30. The van der Waals surface area contributed by atoms with Gasteiger partial charge >= 0.3 is 13.8 Å². The molecule has 0 rings (SSSR count). The van der Waals surface area contributed by atoms with Crippen molar-refractivity contribution >= 4 is 19.7 Å². The number of esters is 1. The summed E-state index contributed by atoms with van der Waals surface area (Å²) in [6, 6.07) is -0.862. The minimum absolute atomic E-state index is 0.0324. The normalized spacial score (nSPS) is 14.4. The Morgan fingerprint density at radius 2 is 0.873 bits per heavy atom. The maximum absolute atomic E-state index is 13.5. The molecule has 3 atom stereocenters. The van der Waals surface area contributed by atoms with Gasteiger partial charge in [0.15, 0.2) is 0 Å². The van der Waals surface area contributed by atoms with E-state index in [2.05, 4.69) is 123 Å². The zero-order chi connectivity index (χ0) is 57.9. The molecule has 0 fully saturated rings. The maximum Gasteiger partial charge on any atom is 0.472 e. The summed E-state index contributed by atoms with van der Waals surface area (Å²) in [7, 11) is 1.47. The topological polar surface area (TPSA) is 111 Å². The third-order valence-electron chi connectivity index (χ3n) is 13.8. The molecular weight excluding hydrogens is 1000 g/mol. The number of amides is 1. The van der Waals surface area contributed by atoms with Crippen LogP contribution in [0.5, 0.6) is 0 Å². The van der Waals surface area contributed by atoms with Crippen LogP contribution in [0.3, 0.4) is 0 Å². The zero-order valence-corrected chi connectivity index (χ0v) is 52.7. The van der Waals surface area contributed by atoms with Crippen molar-refractivity contribution < 1.29 is 37.3 Å². The van der Waals surface area contributed by atoms with Gasteiger partial charge in [-0.15, -0.1) is 0 Å². The molecule has 0 radical (unpaired) electrons. The number of carbonyl (C=O) groups is 2. The highest BCUT2D eigenvalue weighted by atomic mass is 31.2. The Kier molecular flexibility index (Phi) is 55.4. The average Bonchev–Trinajstić information content (AvgIpc) is 3.41. The third kappa shape index (κ3) is 59.1. The second kappa shape index (κ2) is 57.9. The summed E-state index contributed by atoms with van der Waals surface area (Å²) in [6.45, 7) is 6.75. The number of hydrogen-bond donors (Lipinski definition) is 2. The summed E-state index contributed by atoms with van der Waals surface area (Å²) in [6.07, 6.45) is 79.5. The molecule has 0 spiro atoms. The molecule has 0 aromatic carbocycles. The fraction of sp³-hybridized carbons (Fsp3) is 0.710. The van der Waals surface area contributed by atoms with Gasteiger partial charge in [0.2, 0.25) is 5.91 Å². The van der Waals surface area contributed by atoms with Crippen LogP contribution in [0.15, 0.2) is 109 Å². The van der Waals surface area contributed by atoms with Crippen LogP contribution in [0.2, 0.25) is 0 Å². The lowest BCUT2D eigenvalue weighted by Crippen LogP contribution is -2.47. The van der Waals surface area contributed by atoms with Crippen LogP contribution in [0.4, 0.5) is 0 Å². The highest BCUT2D eigenvalue weighted by Crippen LogP contribution is 2.43. The summed E-state index contributed by atoms with van der Waals surface area (Å²) in [5.74, 6) is -0.527. The third-order valence-corrected chi connectivity index (χ3v) is 14.8. The van der Waals surface area contributed by atoms with Crippen molar-refractivity contribution in [3.05, 3.63) is 109 Å². The first-order chi connectivity index (χ1) is 38.4. The van der Waals surface area contributed by atoms with E-state index in [4.69, 9.17) is 13.8 Å². The summed E-state index contributed by atoms with van der Waals surface area (Å²) in [5, 5.41) is 3.05. The quantitative estimate of drug-likeness (QED) is 0.0156. The summed E-state index contributed by atoms with van der Waals surface area (Å²) >= 11 is 0. The molecule has 0 aliphatic heterocycles. The van der Waals surface area contributed by atoms with Crippen LogP contribution in [0.25, 0.3) is 0 Å². The van der Waals surface area contributed by atoms with E-state index in [1.165, 1.54) is 122 Å². The molecule has 1 amide bonds. The minimum Gasteiger partial charge on any atom is -0.456 e. The Labute approximate surface area is 487 Å². The van der Waals surface area contributed by atoms with Gasteiger partial charge in [-0.1, -0.05) is 265 Å². The molecule has 9 nitrogen and oxygen atoms in total. The minimum atomic E-state index is -4.46. The Bertz CT molecular complexity index is 1720. The van der Waals surface area contributed by atoms with Gasteiger partial charge in [0.25, 0.3) is 0 Å². The van der Waals surface area contributed by atoms with Crippen LogP contribution >= 0.6 is 7.82 Å². The molecule has 2 N–H and O–H groups in total. The van der Waals surface area contributed by atoms with Gasteiger partial charge < -0.3 is 19.4 Å². The first kappa shape index (κ1) is 75.7. The first-order valence-corrected chi connectivity index (χ1v) is 33.7. The number of hydrogen-bond acceptors (Lipinski definition) is 6. The lowest BCUT2D eigenvalue weighted by atomic mass is 10.0. The number of unbranched alkanes of at least 4 members (excludes halogenated alkanes) is 27. The molecule has 3 unspecified atom stereocenters. The van der Waals surface area contributed by atoms with Crippen molar-refractivity contribution in [3.8, 4) is 0 Å². The molecule has 0 aromatic heterocycles. The molecule has 0 saturated carbocycles. The van der Waals surface area contributed by atoms with Gasteiger partial charge in [-0.25, -0.2) is 4.57 Å². The predicted octanol–water partition coefficient (Wildman–Crippen LogP) is 20.1. The molecule has 0 aliphatic carbocycles. The van der Waals surface area contributed by atoms with E-state index in [-0.39, 0.29) is 31.5 Å². The number of carbonyl (C=O) groups excluding carboxylic acids is 2. The largest absolute Gasteiger partial charge is 0.472 e. The summed E-state index contributed by atoms with van der Waals surface area (Å²) in [5.41, 5.74) is 0. The highest BCUT2D eigenvalue weighted by molar-refractivity contribution is 7.47. The average molecular weight is 1120 g/mol. The van der Waals surface area contributed by atoms with Crippen LogP contribution in [-0.4, -0.2) is 74.3 Å². The van der Waals surface area contributed by atoms with E-state index >= 15 is 0 Å². The zero-order valence-electron chi connectivity index (χ0n) is 51.8. The number of phosphoric acid groups is 1. The van der Waals surface area contributed by atoms with Gasteiger partial charge in [-0.05, 0) is 96.0 Å². The molecule has 0 aromatic rings. The van der Waals surface area contributed by atoms with Crippen molar-refractivity contribution in [1.29, 1.82) is 0 Å². The summed E-state index contributed by atoms with van der Waals surface area (Å²) < 4.78 is 30.7. The second-order valence-electron chi connectivity index (χ2n) is 22.6. The molecule has 454 valence electrons. The van der Waals surface area contributed by atoms with Gasteiger partial charge in [-0.3, -0.25) is 18.6 Å². The Hall–Kier alpha value is -3.33. The van der Waals surface area contributed by atoms with Crippen LogP contribution in [-0.2, 0) is 27.9 Å². The Balaban J connectivity index is 5.07. The number of ether oxygens (including phenoxy) is 1.